The molecule has 2 aromatic carbocycles. The van der Waals surface area contributed by atoms with Gasteiger partial charge in [-0.2, -0.15) is 5.10 Å². The first kappa shape index (κ1) is 21.8. The molecule has 0 fully saturated rings. The van der Waals surface area contributed by atoms with Gasteiger partial charge in [-0.15, -0.1) is 0 Å². The number of amides is 1. The molecule has 0 saturated heterocycles. The number of aromatic amines is 1. The summed E-state index contributed by atoms with van der Waals surface area (Å²) in [5.74, 6) is -0.0881. The van der Waals surface area contributed by atoms with Crippen molar-refractivity contribution in [2.24, 2.45) is 0 Å². The molecule has 0 aliphatic heterocycles. The number of nitrogens with one attached hydrogen (secondary N) is 2. The number of thioether (sulfide) groups is 1. The lowest BCUT2D eigenvalue weighted by Crippen LogP contribution is -2.38. The molecule has 4 aromatic rings. The summed E-state index contributed by atoms with van der Waals surface area (Å²) in [4.78, 5) is 32.6. The molecule has 0 aliphatic carbocycles. The molecular formula is C24H25N5O2S. The predicted octanol–water partition coefficient (Wildman–Crippen LogP) is 3.73. The van der Waals surface area contributed by atoms with Gasteiger partial charge < -0.3 is 10.3 Å². The van der Waals surface area contributed by atoms with Crippen LogP contribution in [0.4, 0.5) is 0 Å². The summed E-state index contributed by atoms with van der Waals surface area (Å²) in [7, 11) is 0. The zero-order valence-corrected chi connectivity index (χ0v) is 18.8. The number of carbonyl (C=O) groups excluding carboxylic acids is 1. The van der Waals surface area contributed by atoms with Gasteiger partial charge in [-0.1, -0.05) is 60.3 Å². The monoisotopic (exact) mass is 447 g/mol. The summed E-state index contributed by atoms with van der Waals surface area (Å²) < 4.78 is 1.63. The molecular weight excluding hydrogens is 422 g/mol. The third-order valence-electron chi connectivity index (χ3n) is 5.17. The predicted molar refractivity (Wildman–Crippen MR) is 127 cm³/mol. The minimum atomic E-state index is -0.414. The van der Waals surface area contributed by atoms with Crippen molar-refractivity contribution in [1.82, 2.24) is 25.1 Å². The maximum Gasteiger partial charge on any atom is 0.262 e. The Balaban J connectivity index is 1.43. The molecule has 0 radical (unpaired) electrons. The van der Waals surface area contributed by atoms with Gasteiger partial charge in [-0.3, -0.25) is 9.59 Å². The number of carbonyl (C=O) groups is 1. The molecule has 0 bridgehead atoms. The van der Waals surface area contributed by atoms with E-state index in [-0.39, 0.29) is 17.5 Å². The minimum Gasteiger partial charge on any atom is -0.353 e. The van der Waals surface area contributed by atoms with Gasteiger partial charge in [-0.05, 0) is 44.4 Å². The second-order valence-corrected chi connectivity index (χ2v) is 9.02. The van der Waals surface area contributed by atoms with E-state index in [9.17, 15) is 9.59 Å². The maximum absolute atomic E-state index is 12.7. The van der Waals surface area contributed by atoms with Crippen LogP contribution < -0.4 is 10.9 Å². The summed E-state index contributed by atoms with van der Waals surface area (Å²) in [5, 5.41) is 7.75. The quantitative estimate of drug-likeness (QED) is 0.317. The lowest BCUT2D eigenvalue weighted by atomic mass is 10.1. The number of hydrogen-bond donors (Lipinski definition) is 2. The molecule has 4 rings (SSSR count). The van der Waals surface area contributed by atoms with Crippen molar-refractivity contribution >= 4 is 28.7 Å². The van der Waals surface area contributed by atoms with Gasteiger partial charge >= 0.3 is 0 Å². The fraction of sp³-hybridized carbons (Fsp3) is 0.250. The molecule has 2 unspecified atom stereocenters. The lowest BCUT2D eigenvalue weighted by Gasteiger charge is -2.17. The van der Waals surface area contributed by atoms with Crippen LogP contribution in [-0.4, -0.2) is 36.9 Å². The number of rotatable bonds is 8. The lowest BCUT2D eigenvalue weighted by molar-refractivity contribution is -0.120. The number of H-pyrrole nitrogens is 1. The van der Waals surface area contributed by atoms with Crippen LogP contribution in [0, 0.1) is 0 Å². The van der Waals surface area contributed by atoms with E-state index < -0.39 is 5.25 Å². The first-order valence-corrected chi connectivity index (χ1v) is 11.4. The molecule has 0 spiro atoms. The van der Waals surface area contributed by atoms with Crippen molar-refractivity contribution in [1.29, 1.82) is 0 Å². The van der Waals surface area contributed by atoms with Crippen LogP contribution >= 0.6 is 11.8 Å². The van der Waals surface area contributed by atoms with E-state index in [1.165, 1.54) is 23.5 Å². The highest BCUT2D eigenvalue weighted by molar-refractivity contribution is 8.00. The van der Waals surface area contributed by atoms with Crippen molar-refractivity contribution < 1.29 is 4.79 Å². The van der Waals surface area contributed by atoms with Crippen LogP contribution in [0.15, 0.2) is 76.8 Å². The third kappa shape index (κ3) is 5.08. The Hall–Kier alpha value is -3.39. The third-order valence-corrected chi connectivity index (χ3v) is 6.16. The fourth-order valence-electron chi connectivity index (χ4n) is 3.39. The van der Waals surface area contributed by atoms with Crippen molar-refractivity contribution in [3.8, 4) is 5.69 Å². The highest BCUT2D eigenvalue weighted by atomic mass is 32.2. The van der Waals surface area contributed by atoms with E-state index >= 15 is 0 Å². The Kier molecular flexibility index (Phi) is 6.70. The van der Waals surface area contributed by atoms with E-state index in [2.05, 4.69) is 32.5 Å². The van der Waals surface area contributed by atoms with E-state index in [1.54, 1.807) is 4.68 Å². The van der Waals surface area contributed by atoms with Gasteiger partial charge in [-0.25, -0.2) is 9.67 Å². The first-order chi connectivity index (χ1) is 15.5. The maximum atomic E-state index is 12.7. The van der Waals surface area contributed by atoms with Crippen molar-refractivity contribution in [2.75, 3.05) is 0 Å². The molecule has 0 aliphatic rings. The van der Waals surface area contributed by atoms with Crippen LogP contribution in [-0.2, 0) is 11.2 Å². The van der Waals surface area contributed by atoms with Crippen molar-refractivity contribution in [3.63, 3.8) is 0 Å². The van der Waals surface area contributed by atoms with E-state index in [0.717, 1.165) is 18.5 Å². The summed E-state index contributed by atoms with van der Waals surface area (Å²) >= 11 is 1.22. The van der Waals surface area contributed by atoms with Gasteiger partial charge in [0.1, 0.15) is 5.39 Å². The molecule has 0 saturated carbocycles. The van der Waals surface area contributed by atoms with Gasteiger partial charge in [0.25, 0.3) is 5.56 Å². The number of aryl methyl sites for hydroxylation is 1. The number of benzene rings is 2. The van der Waals surface area contributed by atoms with Crippen LogP contribution in [0.3, 0.4) is 0 Å². The zero-order valence-electron chi connectivity index (χ0n) is 18.0. The average Bonchev–Trinajstić information content (AvgIpc) is 3.23. The zero-order chi connectivity index (χ0) is 22.5. The van der Waals surface area contributed by atoms with Crippen LogP contribution in [0.5, 0.6) is 0 Å². The van der Waals surface area contributed by atoms with E-state index in [1.807, 2.05) is 62.4 Å². The normalized spacial score (nSPS) is 13.1. The summed E-state index contributed by atoms with van der Waals surface area (Å²) in [6.07, 6.45) is 3.26. The highest BCUT2D eigenvalue weighted by Crippen LogP contribution is 2.21. The molecule has 2 atom stereocenters. The van der Waals surface area contributed by atoms with Gasteiger partial charge in [0.15, 0.2) is 10.8 Å². The molecule has 1 amide bonds. The molecule has 2 heterocycles. The molecule has 164 valence electrons. The Morgan fingerprint density at radius 1 is 1.09 bits per heavy atom. The van der Waals surface area contributed by atoms with Gasteiger partial charge in [0.05, 0.1) is 17.1 Å². The largest absolute Gasteiger partial charge is 0.353 e. The molecule has 8 heteroatoms. The standard InChI is InChI=1S/C24H25N5O2S/c1-16(13-14-18-9-5-3-6-10-18)26-22(30)17(2)32-24-27-21-20(23(31)28-24)15-25-29(21)19-11-7-4-8-12-19/h3-12,15-17H,13-14H2,1-2H3,(H,26,30)(H,27,28,31). The summed E-state index contributed by atoms with van der Waals surface area (Å²) in [5.41, 5.74) is 2.26. The molecule has 7 nitrogen and oxygen atoms in total. The Morgan fingerprint density at radius 2 is 1.78 bits per heavy atom. The smallest absolute Gasteiger partial charge is 0.262 e. The number of aromatic nitrogens is 4. The van der Waals surface area contributed by atoms with Gasteiger partial charge in [0, 0.05) is 6.04 Å². The SMILES string of the molecule is CC(CCc1ccccc1)NC(=O)C(C)Sc1nc2c(cnn2-c2ccccc2)c(=O)[nH]1. The average molecular weight is 448 g/mol. The van der Waals surface area contributed by atoms with Crippen LogP contribution in [0.25, 0.3) is 16.7 Å². The Bertz CT molecular complexity index is 1250. The Labute approximate surface area is 190 Å². The van der Waals surface area contributed by atoms with E-state index in [4.69, 9.17) is 0 Å². The topological polar surface area (TPSA) is 92.7 Å². The van der Waals surface area contributed by atoms with Crippen molar-refractivity contribution in [2.45, 2.75) is 43.1 Å². The number of fused-ring (bicyclic) bond motifs is 1. The second-order valence-electron chi connectivity index (χ2n) is 7.69. The minimum absolute atomic E-state index is 0.0414. The molecule has 32 heavy (non-hydrogen) atoms. The Morgan fingerprint density at radius 3 is 2.50 bits per heavy atom. The molecule has 2 aromatic heterocycles. The second kappa shape index (κ2) is 9.82. The van der Waals surface area contributed by atoms with Crippen molar-refractivity contribution in [3.05, 3.63) is 82.8 Å². The number of para-hydroxylation sites is 1. The molecule has 2 N–H and O–H groups in total. The first-order valence-electron chi connectivity index (χ1n) is 10.6. The van der Waals surface area contributed by atoms with Crippen LogP contribution in [0.1, 0.15) is 25.8 Å². The van der Waals surface area contributed by atoms with Gasteiger partial charge in [0.2, 0.25) is 5.91 Å². The number of hydrogen-bond acceptors (Lipinski definition) is 5. The fourth-order valence-corrected chi connectivity index (χ4v) is 4.19. The summed E-state index contributed by atoms with van der Waals surface area (Å²) in [6.45, 7) is 3.81. The summed E-state index contributed by atoms with van der Waals surface area (Å²) in [6, 6.07) is 19.8. The highest BCUT2D eigenvalue weighted by Gasteiger charge is 2.19. The van der Waals surface area contributed by atoms with E-state index in [0.29, 0.717) is 16.2 Å². The van der Waals surface area contributed by atoms with Crippen LogP contribution in [0.2, 0.25) is 0 Å². The number of nitrogens with zero attached hydrogens (tertiary/aromatic N) is 3.